The minimum Gasteiger partial charge on any atom is -0.349 e. The highest BCUT2D eigenvalue weighted by Gasteiger charge is 2.34. The molecule has 6 nitrogen and oxygen atoms in total. The fraction of sp³-hybridized carbons (Fsp3) is 0.550. The van der Waals surface area contributed by atoms with Crippen molar-refractivity contribution in [2.45, 2.75) is 46.0 Å². The highest BCUT2D eigenvalue weighted by molar-refractivity contribution is 6.37. The van der Waals surface area contributed by atoms with E-state index in [1.165, 1.54) is 0 Å². The molecule has 1 N–H and O–H groups in total. The van der Waals surface area contributed by atoms with Crippen LogP contribution in [0.25, 0.3) is 0 Å². The van der Waals surface area contributed by atoms with E-state index in [4.69, 9.17) is 0 Å². The Kier molecular flexibility index (Phi) is 7.18. The second-order valence-corrected chi connectivity index (χ2v) is 7.19. The lowest BCUT2D eigenvalue weighted by Crippen LogP contribution is -2.43. The van der Waals surface area contributed by atoms with E-state index in [0.29, 0.717) is 25.8 Å². The van der Waals surface area contributed by atoms with Crippen molar-refractivity contribution >= 4 is 23.3 Å². The molecule has 140 valence electrons. The first-order valence-corrected chi connectivity index (χ1v) is 9.14. The molecular formula is C20H26N2O4. The topological polar surface area (TPSA) is 93.2 Å². The van der Waals surface area contributed by atoms with Gasteiger partial charge in [-0.1, -0.05) is 19.9 Å². The van der Waals surface area contributed by atoms with Crippen molar-refractivity contribution in [1.82, 2.24) is 10.3 Å². The van der Waals surface area contributed by atoms with Crippen LogP contribution in [0.3, 0.4) is 0 Å². The molecule has 1 aromatic rings. The van der Waals surface area contributed by atoms with E-state index in [1.807, 2.05) is 32.0 Å². The van der Waals surface area contributed by atoms with E-state index in [2.05, 4.69) is 10.3 Å². The average molecular weight is 358 g/mol. The predicted octanol–water partition coefficient (Wildman–Crippen LogP) is 1.91. The summed E-state index contributed by atoms with van der Waals surface area (Å²) in [5.41, 5.74) is 0.854. The number of Topliss-reactive ketones (excluding diaryl/α,β-unsaturated/α-hetero) is 3. The Bertz CT molecular complexity index is 670. The van der Waals surface area contributed by atoms with Gasteiger partial charge >= 0.3 is 0 Å². The Balaban J connectivity index is 1.90. The molecule has 2 unspecified atom stereocenters. The van der Waals surface area contributed by atoms with Crippen LogP contribution in [0.4, 0.5) is 0 Å². The van der Waals surface area contributed by atoms with E-state index < -0.39 is 23.5 Å². The fourth-order valence-electron chi connectivity index (χ4n) is 3.23. The maximum Gasteiger partial charge on any atom is 0.287 e. The van der Waals surface area contributed by atoms with Crippen LogP contribution in [-0.4, -0.2) is 34.8 Å². The molecule has 1 amide bonds. The van der Waals surface area contributed by atoms with Crippen molar-refractivity contribution in [2.24, 2.45) is 17.8 Å². The summed E-state index contributed by atoms with van der Waals surface area (Å²) < 4.78 is 0. The standard InChI is InChI=1S/C20H26N2O4/c1-13(2)17(12-16(23)7-6-15-5-3-4-9-21-15)18(24)11-14-8-10-22-20(26)19(14)25/h3-5,9,13-14,17H,6-8,10-12H2,1-2H3,(H,22,26). The number of hydrogen-bond donors (Lipinski definition) is 1. The zero-order valence-corrected chi connectivity index (χ0v) is 15.4. The van der Waals surface area contributed by atoms with Crippen molar-refractivity contribution in [2.75, 3.05) is 6.54 Å². The number of rotatable bonds is 9. The number of carbonyl (C=O) groups is 4. The largest absolute Gasteiger partial charge is 0.349 e. The summed E-state index contributed by atoms with van der Waals surface area (Å²) in [6.45, 7) is 4.23. The smallest absolute Gasteiger partial charge is 0.287 e. The van der Waals surface area contributed by atoms with Crippen molar-refractivity contribution in [3.05, 3.63) is 30.1 Å². The van der Waals surface area contributed by atoms with Gasteiger partial charge < -0.3 is 5.32 Å². The van der Waals surface area contributed by atoms with E-state index in [0.717, 1.165) is 5.69 Å². The third kappa shape index (κ3) is 5.58. The molecule has 6 heteroatoms. The molecule has 0 saturated carbocycles. The Morgan fingerprint density at radius 3 is 2.69 bits per heavy atom. The minimum atomic E-state index is -0.610. The van der Waals surface area contributed by atoms with Crippen LogP contribution < -0.4 is 5.32 Å². The zero-order chi connectivity index (χ0) is 19.1. The molecule has 1 aliphatic rings. The van der Waals surface area contributed by atoms with Crippen LogP contribution in [0.1, 0.15) is 45.2 Å². The van der Waals surface area contributed by atoms with Gasteiger partial charge in [0.05, 0.1) is 0 Å². The fourth-order valence-corrected chi connectivity index (χ4v) is 3.23. The number of nitrogens with zero attached hydrogens (tertiary/aromatic N) is 1. The predicted molar refractivity (Wildman–Crippen MR) is 96.3 cm³/mol. The summed E-state index contributed by atoms with van der Waals surface area (Å²) >= 11 is 0. The van der Waals surface area contributed by atoms with Crippen molar-refractivity contribution in [3.63, 3.8) is 0 Å². The number of aromatic nitrogens is 1. The number of pyridine rings is 1. The van der Waals surface area contributed by atoms with Crippen LogP contribution in [0.15, 0.2) is 24.4 Å². The highest BCUT2D eigenvalue weighted by Crippen LogP contribution is 2.24. The average Bonchev–Trinajstić information content (AvgIpc) is 2.62. The lowest BCUT2D eigenvalue weighted by Gasteiger charge is -2.24. The molecule has 1 aromatic heterocycles. The number of piperidine rings is 1. The monoisotopic (exact) mass is 358 g/mol. The van der Waals surface area contributed by atoms with Crippen LogP contribution >= 0.6 is 0 Å². The number of amides is 1. The molecule has 0 radical (unpaired) electrons. The van der Waals surface area contributed by atoms with Crippen molar-refractivity contribution in [1.29, 1.82) is 0 Å². The number of aryl methyl sites for hydroxylation is 1. The lowest BCUT2D eigenvalue weighted by molar-refractivity contribution is -0.143. The summed E-state index contributed by atoms with van der Waals surface area (Å²) in [7, 11) is 0. The Morgan fingerprint density at radius 2 is 2.04 bits per heavy atom. The van der Waals surface area contributed by atoms with Gasteiger partial charge in [0.2, 0.25) is 5.78 Å². The first-order chi connectivity index (χ1) is 12.4. The number of nitrogens with one attached hydrogen (secondary N) is 1. The SMILES string of the molecule is CC(C)C(CC(=O)CCc1ccccn1)C(=O)CC1CCNC(=O)C1=O. The molecule has 1 saturated heterocycles. The molecule has 2 heterocycles. The van der Waals surface area contributed by atoms with Gasteiger partial charge in [0, 0.05) is 49.5 Å². The number of ketones is 3. The van der Waals surface area contributed by atoms with Crippen LogP contribution in [0.5, 0.6) is 0 Å². The Morgan fingerprint density at radius 1 is 1.27 bits per heavy atom. The van der Waals surface area contributed by atoms with Crippen LogP contribution in [-0.2, 0) is 25.6 Å². The lowest BCUT2D eigenvalue weighted by atomic mass is 9.80. The summed E-state index contributed by atoms with van der Waals surface area (Å²) in [6, 6.07) is 5.58. The molecule has 2 rings (SSSR count). The molecule has 26 heavy (non-hydrogen) atoms. The minimum absolute atomic E-state index is 0.00817. The van der Waals surface area contributed by atoms with Gasteiger partial charge in [-0.25, -0.2) is 0 Å². The van der Waals surface area contributed by atoms with Crippen molar-refractivity contribution in [3.8, 4) is 0 Å². The highest BCUT2D eigenvalue weighted by atomic mass is 16.2. The van der Waals surface area contributed by atoms with Gasteiger partial charge in [-0.15, -0.1) is 0 Å². The molecule has 1 aliphatic heterocycles. The third-order valence-electron chi connectivity index (χ3n) is 4.87. The van der Waals surface area contributed by atoms with Gasteiger partial charge in [-0.05, 0) is 30.9 Å². The van der Waals surface area contributed by atoms with Crippen LogP contribution in [0, 0.1) is 17.8 Å². The Hall–Kier alpha value is -2.37. The third-order valence-corrected chi connectivity index (χ3v) is 4.87. The molecule has 0 aliphatic carbocycles. The van der Waals surface area contributed by atoms with Gasteiger partial charge in [0.15, 0.2) is 0 Å². The first kappa shape index (κ1) is 19.9. The molecule has 2 atom stereocenters. The van der Waals surface area contributed by atoms with Gasteiger partial charge in [0.1, 0.15) is 11.6 Å². The molecule has 0 aromatic carbocycles. The van der Waals surface area contributed by atoms with Gasteiger partial charge in [-0.3, -0.25) is 24.2 Å². The van der Waals surface area contributed by atoms with E-state index >= 15 is 0 Å². The summed E-state index contributed by atoms with van der Waals surface area (Å²) in [5, 5.41) is 2.49. The normalized spacial score (nSPS) is 18.5. The molecule has 0 spiro atoms. The molecule has 1 fully saturated rings. The summed E-state index contributed by atoms with van der Waals surface area (Å²) in [5.74, 6) is -2.16. The van der Waals surface area contributed by atoms with E-state index in [1.54, 1.807) is 6.20 Å². The molecular weight excluding hydrogens is 332 g/mol. The van der Waals surface area contributed by atoms with E-state index in [9.17, 15) is 19.2 Å². The van der Waals surface area contributed by atoms with Crippen LogP contribution in [0.2, 0.25) is 0 Å². The van der Waals surface area contributed by atoms with Crippen molar-refractivity contribution < 1.29 is 19.2 Å². The summed E-state index contributed by atoms with van der Waals surface area (Å²) in [6.07, 6.45) is 3.30. The number of carbonyl (C=O) groups excluding carboxylic acids is 4. The van der Waals surface area contributed by atoms with Gasteiger partial charge in [-0.2, -0.15) is 0 Å². The maximum atomic E-state index is 12.7. The first-order valence-electron chi connectivity index (χ1n) is 9.14. The van der Waals surface area contributed by atoms with Gasteiger partial charge in [0.25, 0.3) is 5.91 Å². The second kappa shape index (κ2) is 9.36. The molecule has 0 bridgehead atoms. The maximum absolute atomic E-state index is 12.7. The second-order valence-electron chi connectivity index (χ2n) is 7.19. The summed E-state index contributed by atoms with van der Waals surface area (Å²) in [4.78, 5) is 52.6. The zero-order valence-electron chi connectivity index (χ0n) is 15.4. The van der Waals surface area contributed by atoms with E-state index in [-0.39, 0.29) is 30.3 Å². The Labute approximate surface area is 153 Å². The number of hydrogen-bond acceptors (Lipinski definition) is 5. The quantitative estimate of drug-likeness (QED) is 0.681.